The summed E-state index contributed by atoms with van der Waals surface area (Å²) in [7, 11) is 0. The summed E-state index contributed by atoms with van der Waals surface area (Å²) >= 11 is 0. The minimum atomic E-state index is -0.478. The van der Waals surface area contributed by atoms with Gasteiger partial charge in [-0.15, -0.1) is 0 Å². The molecule has 1 N–H and O–H groups in total. The molecular weight excluding hydrogens is 294 g/mol. The molecule has 1 aromatic rings. The zero-order valence-electron chi connectivity index (χ0n) is 14.2. The van der Waals surface area contributed by atoms with E-state index in [-0.39, 0.29) is 24.8 Å². The Balaban J connectivity index is 1.77. The summed E-state index contributed by atoms with van der Waals surface area (Å²) in [4.78, 5) is 21.0. The number of aromatic nitrogens is 1. The number of fused-ring (bicyclic) bond motifs is 3. The van der Waals surface area contributed by atoms with Crippen molar-refractivity contribution in [3.05, 3.63) is 23.4 Å². The first-order chi connectivity index (χ1) is 10.8. The van der Waals surface area contributed by atoms with E-state index in [4.69, 9.17) is 4.74 Å². The van der Waals surface area contributed by atoms with Crippen LogP contribution in [-0.4, -0.2) is 51.9 Å². The fourth-order valence-corrected chi connectivity index (χ4v) is 3.48. The lowest BCUT2D eigenvalue weighted by Gasteiger charge is -2.43. The summed E-state index contributed by atoms with van der Waals surface area (Å²) in [5, 5.41) is 9.28. The molecule has 1 saturated heterocycles. The molecule has 0 bridgehead atoms. The van der Waals surface area contributed by atoms with Gasteiger partial charge in [0.25, 0.3) is 0 Å². The van der Waals surface area contributed by atoms with Crippen LogP contribution in [0, 0.1) is 0 Å². The predicted molar refractivity (Wildman–Crippen MR) is 87.4 cm³/mol. The Morgan fingerprint density at radius 1 is 1.43 bits per heavy atom. The van der Waals surface area contributed by atoms with Gasteiger partial charge in [-0.25, -0.2) is 9.78 Å². The van der Waals surface area contributed by atoms with Gasteiger partial charge in [0.15, 0.2) is 0 Å². The van der Waals surface area contributed by atoms with Gasteiger partial charge < -0.3 is 19.6 Å². The number of ether oxygens (including phenoxy) is 1. The second-order valence-electron chi connectivity index (χ2n) is 7.48. The van der Waals surface area contributed by atoms with Gasteiger partial charge in [0.05, 0.1) is 12.6 Å². The number of aliphatic hydroxyl groups is 1. The molecule has 1 aromatic heterocycles. The number of carbonyl (C=O) groups excluding carboxylic acids is 1. The average molecular weight is 319 g/mol. The van der Waals surface area contributed by atoms with Gasteiger partial charge in [-0.05, 0) is 51.3 Å². The van der Waals surface area contributed by atoms with Crippen LogP contribution in [0.5, 0.6) is 0 Å². The minimum Gasteiger partial charge on any atom is -0.444 e. The Labute approximate surface area is 137 Å². The van der Waals surface area contributed by atoms with Gasteiger partial charge in [-0.3, -0.25) is 0 Å². The van der Waals surface area contributed by atoms with Crippen LogP contribution in [0.1, 0.15) is 38.8 Å². The van der Waals surface area contributed by atoms with E-state index in [1.54, 1.807) is 11.1 Å². The smallest absolute Gasteiger partial charge is 0.410 e. The summed E-state index contributed by atoms with van der Waals surface area (Å²) in [5.41, 5.74) is 1.51. The van der Waals surface area contributed by atoms with Crippen LogP contribution in [-0.2, 0) is 17.8 Å². The minimum absolute atomic E-state index is 0.00450. The van der Waals surface area contributed by atoms with Crippen LogP contribution in [0.3, 0.4) is 0 Å². The molecule has 0 saturated carbocycles. The quantitative estimate of drug-likeness (QED) is 0.857. The third-order valence-corrected chi connectivity index (χ3v) is 4.32. The highest BCUT2D eigenvalue weighted by atomic mass is 16.6. The van der Waals surface area contributed by atoms with Crippen molar-refractivity contribution < 1.29 is 14.6 Å². The van der Waals surface area contributed by atoms with Gasteiger partial charge in [-0.1, -0.05) is 0 Å². The molecule has 23 heavy (non-hydrogen) atoms. The van der Waals surface area contributed by atoms with Crippen molar-refractivity contribution in [1.29, 1.82) is 0 Å². The number of piperazine rings is 1. The molecule has 0 unspecified atom stereocenters. The van der Waals surface area contributed by atoms with Crippen molar-refractivity contribution in [2.24, 2.45) is 0 Å². The Bertz CT molecular complexity index is 612. The molecule has 0 radical (unpaired) electrons. The third kappa shape index (κ3) is 3.13. The van der Waals surface area contributed by atoms with Crippen LogP contribution >= 0.6 is 0 Å². The lowest BCUT2D eigenvalue weighted by molar-refractivity contribution is 0.0191. The van der Waals surface area contributed by atoms with Gasteiger partial charge >= 0.3 is 6.09 Å². The highest BCUT2D eigenvalue weighted by Crippen LogP contribution is 2.35. The van der Waals surface area contributed by atoms with Crippen molar-refractivity contribution in [1.82, 2.24) is 9.88 Å². The topological polar surface area (TPSA) is 65.9 Å². The Morgan fingerprint density at radius 2 is 2.17 bits per heavy atom. The maximum Gasteiger partial charge on any atom is 0.410 e. The van der Waals surface area contributed by atoms with Crippen LogP contribution in [0.25, 0.3) is 0 Å². The van der Waals surface area contributed by atoms with E-state index >= 15 is 0 Å². The van der Waals surface area contributed by atoms with E-state index in [1.807, 2.05) is 26.8 Å². The zero-order chi connectivity index (χ0) is 16.8. The summed E-state index contributed by atoms with van der Waals surface area (Å²) in [6.07, 6.45) is 2.33. The molecule has 126 valence electrons. The normalized spacial score (nSPS) is 23.5. The molecule has 3 heterocycles. The molecular formula is C17H25N3O3. The zero-order valence-corrected chi connectivity index (χ0v) is 14.2. The summed E-state index contributed by atoms with van der Waals surface area (Å²) in [6.45, 7) is 9.05. The molecule has 0 spiro atoms. The maximum absolute atomic E-state index is 12.4. The van der Waals surface area contributed by atoms with Crippen molar-refractivity contribution in [2.45, 2.75) is 58.4 Å². The van der Waals surface area contributed by atoms with Gasteiger partial charge in [0.2, 0.25) is 0 Å². The van der Waals surface area contributed by atoms with Crippen molar-refractivity contribution in [3.8, 4) is 0 Å². The molecule has 3 rings (SSSR count). The number of amides is 1. The van der Waals surface area contributed by atoms with Crippen LogP contribution in [0.15, 0.2) is 12.3 Å². The Hall–Kier alpha value is -1.82. The Morgan fingerprint density at radius 3 is 2.83 bits per heavy atom. The van der Waals surface area contributed by atoms with Crippen LogP contribution in [0.2, 0.25) is 0 Å². The molecule has 1 fully saturated rings. The van der Waals surface area contributed by atoms with E-state index in [0.29, 0.717) is 13.1 Å². The number of hydrogen-bond donors (Lipinski definition) is 1. The van der Waals surface area contributed by atoms with E-state index in [1.165, 1.54) is 0 Å². The Kier molecular flexibility index (Phi) is 3.96. The second kappa shape index (κ2) is 5.67. The van der Waals surface area contributed by atoms with Crippen LogP contribution < -0.4 is 4.90 Å². The fourth-order valence-electron chi connectivity index (χ4n) is 3.48. The number of rotatable bonds is 1. The number of pyridine rings is 1. The van der Waals surface area contributed by atoms with E-state index in [0.717, 1.165) is 23.4 Å². The number of aliphatic hydroxyl groups excluding tert-OH is 1. The molecule has 2 aliphatic heterocycles. The molecule has 2 aliphatic rings. The molecule has 2 atom stereocenters. The number of hydrogen-bond acceptors (Lipinski definition) is 5. The fraction of sp³-hybridized carbons (Fsp3) is 0.647. The van der Waals surface area contributed by atoms with Gasteiger partial charge in [0.1, 0.15) is 11.4 Å². The maximum atomic E-state index is 12.4. The lowest BCUT2D eigenvalue weighted by Crippen LogP contribution is -2.58. The van der Waals surface area contributed by atoms with Crippen molar-refractivity contribution in [2.75, 3.05) is 18.0 Å². The second-order valence-corrected chi connectivity index (χ2v) is 7.48. The molecule has 0 aliphatic carbocycles. The SMILES string of the molecule is C[C@@H]1CN(C(=O)OC(C)(C)C)C[C@H]2Cc3cc(CO)cnc3N21. The first kappa shape index (κ1) is 16.1. The molecule has 0 aromatic carbocycles. The van der Waals surface area contributed by atoms with E-state index in [9.17, 15) is 9.90 Å². The first-order valence-corrected chi connectivity index (χ1v) is 8.13. The van der Waals surface area contributed by atoms with E-state index in [2.05, 4.69) is 16.8 Å². The third-order valence-electron chi connectivity index (χ3n) is 4.32. The summed E-state index contributed by atoms with van der Waals surface area (Å²) in [5.74, 6) is 0.989. The summed E-state index contributed by atoms with van der Waals surface area (Å²) in [6, 6.07) is 2.43. The van der Waals surface area contributed by atoms with Crippen molar-refractivity contribution >= 4 is 11.9 Å². The van der Waals surface area contributed by atoms with Gasteiger partial charge in [-0.2, -0.15) is 0 Å². The molecule has 1 amide bonds. The average Bonchev–Trinajstić information content (AvgIpc) is 2.82. The largest absolute Gasteiger partial charge is 0.444 e. The van der Waals surface area contributed by atoms with Gasteiger partial charge in [0, 0.05) is 25.3 Å². The highest BCUT2D eigenvalue weighted by Gasteiger charge is 2.41. The summed E-state index contributed by atoms with van der Waals surface area (Å²) < 4.78 is 5.51. The molecule has 6 nitrogen and oxygen atoms in total. The van der Waals surface area contributed by atoms with Crippen LogP contribution in [0.4, 0.5) is 10.6 Å². The van der Waals surface area contributed by atoms with Crippen molar-refractivity contribution in [3.63, 3.8) is 0 Å². The first-order valence-electron chi connectivity index (χ1n) is 8.13. The van der Waals surface area contributed by atoms with E-state index < -0.39 is 5.60 Å². The monoisotopic (exact) mass is 319 g/mol. The number of nitrogens with zero attached hydrogens (tertiary/aromatic N) is 3. The molecule has 6 heteroatoms. The number of anilines is 1. The standard InChI is InChI=1S/C17H25N3O3/c1-11-8-19(16(22)23-17(2,3)4)9-14-6-13-5-12(10-21)7-18-15(13)20(11)14/h5,7,11,14,21H,6,8-10H2,1-4H3/t11-,14-/m1/s1. The number of carbonyl (C=O) groups is 1. The lowest BCUT2D eigenvalue weighted by atomic mass is 10.1. The highest BCUT2D eigenvalue weighted by molar-refractivity contribution is 5.69. The predicted octanol–water partition coefficient (Wildman–Crippen LogP) is 1.94.